The Bertz CT molecular complexity index is 878. The molecule has 0 aromatic carbocycles. The molecular weight excluding hydrogens is 326 g/mol. The lowest BCUT2D eigenvalue weighted by Gasteiger charge is -2.23. The van der Waals surface area contributed by atoms with Gasteiger partial charge in [-0.2, -0.15) is 0 Å². The number of carbonyl (C=O) groups excluding carboxylic acids is 1. The van der Waals surface area contributed by atoms with Crippen molar-refractivity contribution in [2.45, 2.75) is 32.2 Å². The Morgan fingerprint density at radius 1 is 1.12 bits per heavy atom. The summed E-state index contributed by atoms with van der Waals surface area (Å²) < 4.78 is 1.84. The van der Waals surface area contributed by atoms with Crippen molar-refractivity contribution in [2.75, 3.05) is 13.1 Å². The van der Waals surface area contributed by atoms with E-state index in [1.165, 1.54) is 5.56 Å². The van der Waals surface area contributed by atoms with Gasteiger partial charge in [-0.1, -0.05) is 24.3 Å². The molecule has 1 amide bonds. The highest BCUT2D eigenvalue weighted by molar-refractivity contribution is 5.79. The summed E-state index contributed by atoms with van der Waals surface area (Å²) >= 11 is 0. The number of hydrogen-bond acceptors (Lipinski definition) is 3. The third kappa shape index (κ3) is 3.34. The van der Waals surface area contributed by atoms with Gasteiger partial charge in [-0.05, 0) is 36.5 Å². The van der Waals surface area contributed by atoms with E-state index in [1.54, 1.807) is 18.5 Å². The summed E-state index contributed by atoms with van der Waals surface area (Å²) in [5.74, 6) is 0.359. The molecule has 0 fully saturated rings. The van der Waals surface area contributed by atoms with Gasteiger partial charge in [-0.25, -0.2) is 0 Å². The van der Waals surface area contributed by atoms with E-state index in [4.69, 9.17) is 0 Å². The van der Waals surface area contributed by atoms with Gasteiger partial charge in [0.2, 0.25) is 5.91 Å². The van der Waals surface area contributed by atoms with Gasteiger partial charge in [0, 0.05) is 49.6 Å². The lowest BCUT2D eigenvalue weighted by Crippen LogP contribution is -2.37. The van der Waals surface area contributed by atoms with Crippen LogP contribution in [0.1, 0.15) is 29.7 Å². The van der Waals surface area contributed by atoms with Crippen LogP contribution in [-0.2, 0) is 24.2 Å². The van der Waals surface area contributed by atoms with E-state index in [9.17, 15) is 9.59 Å². The van der Waals surface area contributed by atoms with Crippen molar-refractivity contribution in [3.8, 4) is 0 Å². The van der Waals surface area contributed by atoms with Crippen molar-refractivity contribution in [1.29, 1.82) is 0 Å². The van der Waals surface area contributed by atoms with Crippen LogP contribution in [0.4, 0.5) is 0 Å². The molecule has 0 saturated carbocycles. The molecule has 4 rings (SSSR count). The fourth-order valence-electron chi connectivity index (χ4n) is 3.94. The minimum atomic E-state index is 0.00683. The van der Waals surface area contributed by atoms with E-state index in [0.29, 0.717) is 13.1 Å². The molecule has 0 radical (unpaired) electrons. The first-order chi connectivity index (χ1) is 12.7. The van der Waals surface area contributed by atoms with Crippen molar-refractivity contribution in [1.82, 2.24) is 14.5 Å². The van der Waals surface area contributed by atoms with Crippen molar-refractivity contribution in [3.05, 3.63) is 76.0 Å². The fourth-order valence-corrected chi connectivity index (χ4v) is 3.94. The number of fused-ring (bicyclic) bond motifs is 1. The fraction of sp³-hybridized carbons (Fsp3) is 0.381. The molecule has 0 spiro atoms. The normalized spacial score (nSPS) is 17.2. The SMILES string of the molecule is O=C(C1CC=CC1)N1CCc2ccc(=O)n(Cc3cccnc3)c2CC1. The van der Waals surface area contributed by atoms with E-state index in [-0.39, 0.29) is 17.4 Å². The number of allylic oxidation sites excluding steroid dienone is 2. The maximum Gasteiger partial charge on any atom is 0.251 e. The van der Waals surface area contributed by atoms with Crippen LogP contribution in [0, 0.1) is 5.92 Å². The summed E-state index contributed by atoms with van der Waals surface area (Å²) in [5, 5.41) is 0. The van der Waals surface area contributed by atoms with Gasteiger partial charge >= 0.3 is 0 Å². The molecule has 0 unspecified atom stereocenters. The molecule has 134 valence electrons. The molecule has 0 bridgehead atoms. The zero-order valence-electron chi connectivity index (χ0n) is 14.8. The van der Waals surface area contributed by atoms with Crippen molar-refractivity contribution in [2.24, 2.45) is 5.92 Å². The molecule has 2 aromatic rings. The molecule has 2 aliphatic rings. The Morgan fingerprint density at radius 2 is 1.92 bits per heavy atom. The summed E-state index contributed by atoms with van der Waals surface area (Å²) in [5.41, 5.74) is 3.25. The van der Waals surface area contributed by atoms with Gasteiger partial charge < -0.3 is 9.47 Å². The second-order valence-corrected chi connectivity index (χ2v) is 7.06. The zero-order valence-corrected chi connectivity index (χ0v) is 14.8. The zero-order chi connectivity index (χ0) is 17.9. The van der Waals surface area contributed by atoms with Crippen LogP contribution in [0.25, 0.3) is 0 Å². The average Bonchev–Trinajstić information content (AvgIpc) is 3.12. The Labute approximate surface area is 153 Å². The van der Waals surface area contributed by atoms with E-state index in [0.717, 1.165) is 43.5 Å². The van der Waals surface area contributed by atoms with Crippen LogP contribution in [0.15, 0.2) is 53.6 Å². The minimum absolute atomic E-state index is 0.00683. The van der Waals surface area contributed by atoms with Gasteiger partial charge in [0.25, 0.3) is 5.56 Å². The van der Waals surface area contributed by atoms with Crippen molar-refractivity contribution >= 4 is 5.91 Å². The monoisotopic (exact) mass is 349 g/mol. The lowest BCUT2D eigenvalue weighted by molar-refractivity contribution is -0.135. The molecule has 1 aliphatic carbocycles. The number of aromatic nitrogens is 2. The first kappa shape index (κ1) is 16.8. The van der Waals surface area contributed by atoms with Crippen molar-refractivity contribution in [3.63, 3.8) is 0 Å². The maximum absolute atomic E-state index is 12.8. The van der Waals surface area contributed by atoms with Crippen molar-refractivity contribution < 1.29 is 4.79 Å². The second kappa shape index (κ2) is 7.28. The largest absolute Gasteiger partial charge is 0.342 e. The molecule has 1 aliphatic heterocycles. The number of carbonyl (C=O) groups is 1. The molecule has 2 aromatic heterocycles. The topological polar surface area (TPSA) is 55.2 Å². The number of rotatable bonds is 3. The summed E-state index contributed by atoms with van der Waals surface area (Å²) in [6, 6.07) is 7.45. The molecule has 5 nitrogen and oxygen atoms in total. The first-order valence-corrected chi connectivity index (χ1v) is 9.26. The lowest BCUT2D eigenvalue weighted by atomic mass is 10.1. The minimum Gasteiger partial charge on any atom is -0.342 e. The van der Waals surface area contributed by atoms with E-state index in [2.05, 4.69) is 17.1 Å². The standard InChI is InChI=1S/C21H23N3O2/c25-20-8-7-17-9-12-23(21(26)18-5-1-2-6-18)13-10-19(17)24(20)15-16-4-3-11-22-14-16/h1-4,7-8,11,14,18H,5-6,9-10,12-13,15H2. The first-order valence-electron chi connectivity index (χ1n) is 9.26. The maximum atomic E-state index is 12.8. The van der Waals surface area contributed by atoms with Crippen LogP contribution in [0.3, 0.4) is 0 Å². The van der Waals surface area contributed by atoms with Gasteiger partial charge in [0.05, 0.1) is 6.54 Å². The van der Waals surface area contributed by atoms with Gasteiger partial charge in [0.15, 0.2) is 0 Å². The van der Waals surface area contributed by atoms with E-state index >= 15 is 0 Å². The van der Waals surface area contributed by atoms with Crippen LogP contribution in [-0.4, -0.2) is 33.4 Å². The van der Waals surface area contributed by atoms with Crippen LogP contribution in [0.2, 0.25) is 0 Å². The smallest absolute Gasteiger partial charge is 0.251 e. The molecular formula is C21H23N3O2. The molecule has 3 heterocycles. The van der Waals surface area contributed by atoms with E-state index < -0.39 is 0 Å². The van der Waals surface area contributed by atoms with E-state index in [1.807, 2.05) is 27.7 Å². The highest BCUT2D eigenvalue weighted by Crippen LogP contribution is 2.23. The summed E-state index contributed by atoms with van der Waals surface area (Å²) in [7, 11) is 0. The summed E-state index contributed by atoms with van der Waals surface area (Å²) in [6.07, 6.45) is 11.0. The van der Waals surface area contributed by atoms with Crippen LogP contribution < -0.4 is 5.56 Å². The van der Waals surface area contributed by atoms with Gasteiger partial charge in [-0.3, -0.25) is 14.6 Å². The highest BCUT2D eigenvalue weighted by Gasteiger charge is 2.27. The van der Waals surface area contributed by atoms with Crippen LogP contribution >= 0.6 is 0 Å². The number of pyridine rings is 2. The van der Waals surface area contributed by atoms with Crippen LogP contribution in [0.5, 0.6) is 0 Å². The predicted molar refractivity (Wildman–Crippen MR) is 99.9 cm³/mol. The Hall–Kier alpha value is -2.69. The second-order valence-electron chi connectivity index (χ2n) is 7.06. The molecule has 0 N–H and O–H groups in total. The molecule has 0 saturated heterocycles. The Kier molecular flexibility index (Phi) is 4.69. The van der Waals surface area contributed by atoms with Gasteiger partial charge in [0.1, 0.15) is 0 Å². The number of amides is 1. The Balaban J connectivity index is 1.57. The third-order valence-electron chi connectivity index (χ3n) is 5.39. The van der Waals surface area contributed by atoms with Gasteiger partial charge in [-0.15, -0.1) is 0 Å². The summed E-state index contributed by atoms with van der Waals surface area (Å²) in [6.45, 7) is 1.93. The quantitative estimate of drug-likeness (QED) is 0.798. The average molecular weight is 349 g/mol. The number of hydrogen-bond donors (Lipinski definition) is 0. The third-order valence-corrected chi connectivity index (χ3v) is 5.39. The summed E-state index contributed by atoms with van der Waals surface area (Å²) in [4.78, 5) is 31.4. The molecule has 26 heavy (non-hydrogen) atoms. The predicted octanol–water partition coefficient (Wildman–Crippen LogP) is 2.19. The molecule has 5 heteroatoms. The number of nitrogens with zero attached hydrogens (tertiary/aromatic N) is 3. The Morgan fingerprint density at radius 3 is 2.69 bits per heavy atom. The highest BCUT2D eigenvalue weighted by atomic mass is 16.2. The molecule has 0 atom stereocenters.